The SMILES string of the molecule is O=C1CC(CCl)CN1CC(c1ccccc1)c1ccccc1. The topological polar surface area (TPSA) is 20.3 Å². The molecule has 1 aliphatic rings. The highest BCUT2D eigenvalue weighted by atomic mass is 35.5. The van der Waals surface area contributed by atoms with Crippen molar-refractivity contribution >= 4 is 17.5 Å². The van der Waals surface area contributed by atoms with Gasteiger partial charge in [0.1, 0.15) is 0 Å². The van der Waals surface area contributed by atoms with Gasteiger partial charge in [-0.05, 0) is 17.0 Å². The first kappa shape index (κ1) is 15.1. The van der Waals surface area contributed by atoms with Gasteiger partial charge in [0.05, 0.1) is 0 Å². The Morgan fingerprint density at radius 1 is 1.00 bits per heavy atom. The van der Waals surface area contributed by atoms with Crippen LogP contribution in [0, 0.1) is 5.92 Å². The second kappa shape index (κ2) is 6.97. The van der Waals surface area contributed by atoms with Gasteiger partial charge in [-0.25, -0.2) is 0 Å². The Kier molecular flexibility index (Phi) is 4.79. The molecule has 22 heavy (non-hydrogen) atoms. The average molecular weight is 314 g/mol. The molecule has 1 aliphatic heterocycles. The Hall–Kier alpha value is -1.80. The predicted octanol–water partition coefficient (Wildman–Crippen LogP) is 3.91. The number of carbonyl (C=O) groups excluding carboxylic acids is 1. The van der Waals surface area contributed by atoms with Crippen molar-refractivity contribution in [1.82, 2.24) is 4.90 Å². The molecule has 3 heteroatoms. The summed E-state index contributed by atoms with van der Waals surface area (Å²) in [5.74, 6) is 1.29. The number of nitrogens with zero attached hydrogens (tertiary/aromatic N) is 1. The van der Waals surface area contributed by atoms with E-state index >= 15 is 0 Å². The van der Waals surface area contributed by atoms with Crippen LogP contribution in [0.25, 0.3) is 0 Å². The third-order valence-corrected chi connectivity index (χ3v) is 4.76. The quantitative estimate of drug-likeness (QED) is 0.767. The van der Waals surface area contributed by atoms with E-state index in [4.69, 9.17) is 11.6 Å². The summed E-state index contributed by atoms with van der Waals surface area (Å²) in [6, 6.07) is 20.8. The molecule has 1 heterocycles. The average Bonchev–Trinajstić information content (AvgIpc) is 2.94. The fourth-order valence-corrected chi connectivity index (χ4v) is 3.33. The third-order valence-electron chi connectivity index (χ3n) is 4.32. The van der Waals surface area contributed by atoms with Crippen LogP contribution in [0.1, 0.15) is 23.5 Å². The summed E-state index contributed by atoms with van der Waals surface area (Å²) in [7, 11) is 0. The lowest BCUT2D eigenvalue weighted by molar-refractivity contribution is -0.127. The first-order valence-electron chi connectivity index (χ1n) is 7.71. The molecule has 2 aromatic rings. The standard InChI is InChI=1S/C19H20ClNO/c20-12-15-11-19(22)21(13-15)14-18(16-7-3-1-4-8-16)17-9-5-2-6-10-17/h1-10,15,18H,11-14H2. The minimum Gasteiger partial charge on any atom is -0.341 e. The molecule has 1 atom stereocenters. The second-order valence-corrected chi connectivity index (χ2v) is 6.21. The van der Waals surface area contributed by atoms with Crippen LogP contribution < -0.4 is 0 Å². The van der Waals surface area contributed by atoms with Crippen molar-refractivity contribution in [3.8, 4) is 0 Å². The van der Waals surface area contributed by atoms with E-state index in [9.17, 15) is 4.79 Å². The number of halogens is 1. The molecule has 0 aromatic heterocycles. The Morgan fingerprint density at radius 3 is 2.00 bits per heavy atom. The highest BCUT2D eigenvalue weighted by molar-refractivity contribution is 6.18. The maximum absolute atomic E-state index is 12.2. The Labute approximate surface area is 136 Å². The van der Waals surface area contributed by atoms with Crippen LogP contribution in [0.15, 0.2) is 60.7 Å². The molecule has 0 bridgehead atoms. The van der Waals surface area contributed by atoms with Gasteiger partial charge in [-0.3, -0.25) is 4.79 Å². The first-order chi connectivity index (χ1) is 10.8. The molecule has 1 fully saturated rings. The fourth-order valence-electron chi connectivity index (χ4n) is 3.13. The maximum Gasteiger partial charge on any atom is 0.222 e. The number of rotatable bonds is 5. The molecule has 3 rings (SSSR count). The fraction of sp³-hybridized carbons (Fsp3) is 0.316. The van der Waals surface area contributed by atoms with Crippen LogP contribution in [-0.2, 0) is 4.79 Å². The molecule has 0 saturated carbocycles. The van der Waals surface area contributed by atoms with Crippen molar-refractivity contribution in [2.24, 2.45) is 5.92 Å². The molecule has 114 valence electrons. The summed E-state index contributed by atoms with van der Waals surface area (Å²) in [5.41, 5.74) is 2.49. The van der Waals surface area contributed by atoms with Crippen molar-refractivity contribution in [2.45, 2.75) is 12.3 Å². The number of hydrogen-bond acceptors (Lipinski definition) is 1. The predicted molar refractivity (Wildman–Crippen MR) is 90.1 cm³/mol. The maximum atomic E-state index is 12.2. The minimum atomic E-state index is 0.209. The molecule has 1 unspecified atom stereocenters. The lowest BCUT2D eigenvalue weighted by Gasteiger charge is -2.25. The van der Waals surface area contributed by atoms with Gasteiger partial charge >= 0.3 is 0 Å². The normalized spacial score (nSPS) is 18.2. The first-order valence-corrected chi connectivity index (χ1v) is 8.25. The van der Waals surface area contributed by atoms with Gasteiger partial charge in [0.25, 0.3) is 0 Å². The van der Waals surface area contributed by atoms with Gasteiger partial charge in [0.15, 0.2) is 0 Å². The van der Waals surface area contributed by atoms with Crippen LogP contribution in [0.4, 0.5) is 0 Å². The Balaban J connectivity index is 1.85. The molecule has 0 radical (unpaired) electrons. The van der Waals surface area contributed by atoms with E-state index in [1.807, 2.05) is 17.0 Å². The smallest absolute Gasteiger partial charge is 0.222 e. The third kappa shape index (κ3) is 3.33. The number of likely N-dealkylation sites (tertiary alicyclic amines) is 1. The van der Waals surface area contributed by atoms with E-state index in [2.05, 4.69) is 48.5 Å². The van der Waals surface area contributed by atoms with E-state index in [0.717, 1.165) is 13.1 Å². The molecule has 2 nitrogen and oxygen atoms in total. The van der Waals surface area contributed by atoms with E-state index in [1.54, 1.807) is 0 Å². The lowest BCUT2D eigenvalue weighted by Crippen LogP contribution is -2.30. The molecule has 0 spiro atoms. The molecule has 0 aliphatic carbocycles. The zero-order valence-electron chi connectivity index (χ0n) is 12.5. The van der Waals surface area contributed by atoms with Gasteiger partial charge in [-0.2, -0.15) is 0 Å². The monoisotopic (exact) mass is 313 g/mol. The van der Waals surface area contributed by atoms with Crippen molar-refractivity contribution in [1.29, 1.82) is 0 Å². The van der Waals surface area contributed by atoms with Crippen molar-refractivity contribution < 1.29 is 4.79 Å². The summed E-state index contributed by atoms with van der Waals surface area (Å²) < 4.78 is 0. The Morgan fingerprint density at radius 2 is 1.55 bits per heavy atom. The number of amides is 1. The van der Waals surface area contributed by atoms with Crippen molar-refractivity contribution in [3.63, 3.8) is 0 Å². The van der Waals surface area contributed by atoms with Gasteiger partial charge in [-0.15, -0.1) is 11.6 Å². The number of benzene rings is 2. The van der Waals surface area contributed by atoms with Gasteiger partial charge in [-0.1, -0.05) is 60.7 Å². The molecular formula is C19H20ClNO. The van der Waals surface area contributed by atoms with Crippen LogP contribution in [0.5, 0.6) is 0 Å². The highest BCUT2D eigenvalue weighted by Crippen LogP contribution is 2.28. The van der Waals surface area contributed by atoms with Crippen LogP contribution >= 0.6 is 11.6 Å². The summed E-state index contributed by atoms with van der Waals surface area (Å²) in [5, 5.41) is 0. The number of carbonyl (C=O) groups is 1. The van der Waals surface area contributed by atoms with Crippen LogP contribution in [0.3, 0.4) is 0 Å². The van der Waals surface area contributed by atoms with Crippen molar-refractivity contribution in [2.75, 3.05) is 19.0 Å². The summed E-state index contributed by atoms with van der Waals surface area (Å²) >= 11 is 5.93. The minimum absolute atomic E-state index is 0.209. The largest absolute Gasteiger partial charge is 0.341 e. The molecule has 1 saturated heterocycles. The Bertz CT molecular complexity index is 574. The molecule has 0 N–H and O–H groups in total. The van der Waals surface area contributed by atoms with Crippen LogP contribution in [-0.4, -0.2) is 29.8 Å². The number of alkyl halides is 1. The molecular weight excluding hydrogens is 294 g/mol. The lowest BCUT2D eigenvalue weighted by atomic mass is 9.91. The second-order valence-electron chi connectivity index (χ2n) is 5.90. The highest BCUT2D eigenvalue weighted by Gasteiger charge is 2.31. The molecule has 2 aromatic carbocycles. The molecule has 1 amide bonds. The summed E-state index contributed by atoms with van der Waals surface area (Å²) in [4.78, 5) is 14.2. The van der Waals surface area contributed by atoms with Crippen molar-refractivity contribution in [3.05, 3.63) is 71.8 Å². The zero-order valence-corrected chi connectivity index (χ0v) is 13.2. The van der Waals surface area contributed by atoms with E-state index in [1.165, 1.54) is 11.1 Å². The van der Waals surface area contributed by atoms with Gasteiger partial charge < -0.3 is 4.90 Å². The van der Waals surface area contributed by atoms with Crippen LogP contribution in [0.2, 0.25) is 0 Å². The van der Waals surface area contributed by atoms with E-state index in [-0.39, 0.29) is 11.8 Å². The zero-order chi connectivity index (χ0) is 15.4. The summed E-state index contributed by atoms with van der Waals surface area (Å²) in [6.07, 6.45) is 0.583. The van der Waals surface area contributed by atoms with Gasteiger partial charge in [0.2, 0.25) is 5.91 Å². The van der Waals surface area contributed by atoms with E-state index < -0.39 is 0 Å². The summed E-state index contributed by atoms with van der Waals surface area (Å²) in [6.45, 7) is 1.50. The number of hydrogen-bond donors (Lipinski definition) is 0. The van der Waals surface area contributed by atoms with Gasteiger partial charge in [0, 0.05) is 31.3 Å². The van der Waals surface area contributed by atoms with E-state index in [0.29, 0.717) is 18.2 Å².